The molecule has 3 heterocycles. The predicted molar refractivity (Wildman–Crippen MR) is 83.7 cm³/mol. The molecule has 136 valence electrons. The third-order valence-electron chi connectivity index (χ3n) is 4.01. The second-order valence-electron chi connectivity index (χ2n) is 5.65. The molecule has 1 saturated heterocycles. The van der Waals surface area contributed by atoms with Gasteiger partial charge < -0.3 is 24.4 Å². The summed E-state index contributed by atoms with van der Waals surface area (Å²) in [6.07, 6.45) is -0.323. The van der Waals surface area contributed by atoms with Gasteiger partial charge in [0, 0.05) is 6.42 Å². The number of aliphatic hydroxyl groups is 2. The molecule has 1 aliphatic rings. The van der Waals surface area contributed by atoms with Crippen molar-refractivity contribution in [1.82, 2.24) is 19.5 Å². The Labute approximate surface area is 143 Å². The Morgan fingerprint density at radius 2 is 2.20 bits per heavy atom. The minimum Gasteiger partial charge on any atom is -0.479 e. The average Bonchev–Trinajstić information content (AvgIpc) is 3.17. The van der Waals surface area contributed by atoms with Crippen molar-refractivity contribution in [3.05, 3.63) is 12.7 Å². The number of hydrogen-bond donors (Lipinski definition) is 2. The van der Waals surface area contributed by atoms with E-state index in [2.05, 4.69) is 15.0 Å². The van der Waals surface area contributed by atoms with Crippen LogP contribution in [0.25, 0.3) is 11.2 Å². The molecule has 1 fully saturated rings. The van der Waals surface area contributed by atoms with Gasteiger partial charge in [-0.1, -0.05) is 6.92 Å². The highest BCUT2D eigenvalue weighted by molar-refractivity contribution is 5.76. The fraction of sp³-hybridized carbons (Fsp3) is 0.600. The Morgan fingerprint density at radius 3 is 2.88 bits per heavy atom. The number of carbonyl (C=O) groups excluding carboxylic acids is 1. The summed E-state index contributed by atoms with van der Waals surface area (Å²) in [4.78, 5) is 24.2. The fourth-order valence-electron chi connectivity index (χ4n) is 2.80. The number of imidazole rings is 1. The molecule has 3 rings (SSSR count). The number of methoxy groups -OCH3 is 1. The first-order valence-corrected chi connectivity index (χ1v) is 7.96. The lowest BCUT2D eigenvalue weighted by molar-refractivity contribution is -0.158. The Hall–Kier alpha value is -2.30. The van der Waals surface area contributed by atoms with Gasteiger partial charge in [-0.25, -0.2) is 9.97 Å². The Balaban J connectivity index is 1.97. The van der Waals surface area contributed by atoms with E-state index in [-0.39, 0.29) is 6.42 Å². The van der Waals surface area contributed by atoms with Crippen molar-refractivity contribution in [2.45, 2.75) is 44.3 Å². The highest BCUT2D eigenvalue weighted by atomic mass is 16.6. The van der Waals surface area contributed by atoms with Crippen molar-refractivity contribution < 1.29 is 29.2 Å². The average molecular weight is 352 g/mol. The normalized spacial score (nSPS) is 26.1. The molecule has 25 heavy (non-hydrogen) atoms. The number of ether oxygens (including phenoxy) is 3. The number of fused-ring (bicyclic) bond motifs is 1. The molecule has 0 amide bonds. The molecule has 1 aliphatic heterocycles. The lowest BCUT2D eigenvalue weighted by Crippen LogP contribution is -2.37. The van der Waals surface area contributed by atoms with E-state index in [0.717, 1.165) is 0 Å². The first-order chi connectivity index (χ1) is 12.1. The molecular weight excluding hydrogens is 332 g/mol. The van der Waals surface area contributed by atoms with E-state index in [1.807, 2.05) is 6.92 Å². The monoisotopic (exact) mass is 352 g/mol. The number of esters is 1. The molecule has 4 atom stereocenters. The SMILES string of the molecule is CCCC(=O)O[C@H]1[C@H](O)[C@@H](CO)O[C@H]1n1cnc2c(OC)ncnc21. The summed E-state index contributed by atoms with van der Waals surface area (Å²) < 4.78 is 17.8. The number of aliphatic hydroxyl groups excluding tert-OH is 2. The highest BCUT2D eigenvalue weighted by Gasteiger charge is 2.47. The molecule has 0 aromatic carbocycles. The molecule has 0 bridgehead atoms. The molecule has 0 aliphatic carbocycles. The summed E-state index contributed by atoms with van der Waals surface area (Å²) in [7, 11) is 1.47. The van der Waals surface area contributed by atoms with Crippen LogP contribution in [0, 0.1) is 0 Å². The third-order valence-corrected chi connectivity index (χ3v) is 4.01. The summed E-state index contributed by atoms with van der Waals surface area (Å²) in [5.41, 5.74) is 0.813. The maximum absolute atomic E-state index is 11.9. The van der Waals surface area contributed by atoms with E-state index >= 15 is 0 Å². The Bertz CT molecular complexity index is 751. The first-order valence-electron chi connectivity index (χ1n) is 7.96. The molecule has 2 aromatic heterocycles. The lowest BCUT2D eigenvalue weighted by Gasteiger charge is -2.21. The second kappa shape index (κ2) is 7.30. The highest BCUT2D eigenvalue weighted by Crippen LogP contribution is 2.34. The smallest absolute Gasteiger partial charge is 0.306 e. The van der Waals surface area contributed by atoms with E-state index in [9.17, 15) is 15.0 Å². The van der Waals surface area contributed by atoms with E-state index in [1.165, 1.54) is 24.3 Å². The lowest BCUT2D eigenvalue weighted by atomic mass is 10.1. The largest absolute Gasteiger partial charge is 0.479 e. The van der Waals surface area contributed by atoms with Crippen molar-refractivity contribution in [3.63, 3.8) is 0 Å². The summed E-state index contributed by atoms with van der Waals surface area (Å²) in [6, 6.07) is 0. The molecule has 0 unspecified atom stereocenters. The Morgan fingerprint density at radius 1 is 1.40 bits per heavy atom. The van der Waals surface area contributed by atoms with Gasteiger partial charge in [0.05, 0.1) is 20.0 Å². The van der Waals surface area contributed by atoms with Crippen LogP contribution >= 0.6 is 0 Å². The maximum Gasteiger partial charge on any atom is 0.306 e. The summed E-state index contributed by atoms with van der Waals surface area (Å²) in [5, 5.41) is 19.8. The van der Waals surface area contributed by atoms with Gasteiger partial charge in [-0.2, -0.15) is 4.98 Å². The van der Waals surface area contributed by atoms with Crippen LogP contribution in [-0.4, -0.2) is 67.7 Å². The molecule has 0 spiro atoms. The van der Waals surface area contributed by atoms with Gasteiger partial charge in [0.1, 0.15) is 18.5 Å². The van der Waals surface area contributed by atoms with Gasteiger partial charge >= 0.3 is 5.97 Å². The van der Waals surface area contributed by atoms with Crippen LogP contribution in [0.5, 0.6) is 5.88 Å². The summed E-state index contributed by atoms with van der Waals surface area (Å²) in [6.45, 7) is 1.44. The van der Waals surface area contributed by atoms with E-state index < -0.39 is 37.1 Å². The zero-order valence-corrected chi connectivity index (χ0v) is 13.9. The predicted octanol–water partition coefficient (Wildman–Crippen LogP) is -0.203. The zero-order valence-electron chi connectivity index (χ0n) is 13.9. The van der Waals surface area contributed by atoms with Crippen LogP contribution in [0.2, 0.25) is 0 Å². The van der Waals surface area contributed by atoms with Crippen molar-refractivity contribution >= 4 is 17.1 Å². The van der Waals surface area contributed by atoms with E-state index in [0.29, 0.717) is 23.5 Å². The minimum atomic E-state index is -1.17. The van der Waals surface area contributed by atoms with Gasteiger partial charge in [0.25, 0.3) is 0 Å². The van der Waals surface area contributed by atoms with Gasteiger partial charge in [-0.05, 0) is 6.42 Å². The molecule has 2 aromatic rings. The molecule has 0 radical (unpaired) electrons. The van der Waals surface area contributed by atoms with Gasteiger partial charge in [-0.3, -0.25) is 9.36 Å². The third kappa shape index (κ3) is 3.15. The van der Waals surface area contributed by atoms with E-state index in [1.54, 1.807) is 0 Å². The van der Waals surface area contributed by atoms with Crippen molar-refractivity contribution in [2.24, 2.45) is 0 Å². The number of nitrogens with zero attached hydrogens (tertiary/aromatic N) is 4. The molecule has 10 heteroatoms. The topological polar surface area (TPSA) is 129 Å². The van der Waals surface area contributed by atoms with E-state index in [4.69, 9.17) is 14.2 Å². The number of aromatic nitrogens is 4. The number of rotatable bonds is 6. The zero-order chi connectivity index (χ0) is 18.0. The van der Waals surface area contributed by atoms with Crippen LogP contribution in [0.15, 0.2) is 12.7 Å². The van der Waals surface area contributed by atoms with Crippen LogP contribution in [0.1, 0.15) is 26.0 Å². The molecular formula is C15H20N4O6. The van der Waals surface area contributed by atoms with Gasteiger partial charge in [0.15, 0.2) is 23.5 Å². The van der Waals surface area contributed by atoms with Crippen LogP contribution in [0.3, 0.4) is 0 Å². The van der Waals surface area contributed by atoms with Gasteiger partial charge in [-0.15, -0.1) is 0 Å². The van der Waals surface area contributed by atoms with Gasteiger partial charge in [0.2, 0.25) is 5.88 Å². The minimum absolute atomic E-state index is 0.223. The molecule has 10 nitrogen and oxygen atoms in total. The standard InChI is InChI=1S/C15H20N4O6/c1-3-4-9(21)25-12-11(22)8(5-20)24-15(12)19-7-18-10-13(19)16-6-17-14(10)23-2/h6-8,11-12,15,20,22H,3-5H2,1-2H3/t8-,11-,12+,15-/m1/s1. The van der Waals surface area contributed by atoms with Crippen LogP contribution in [-0.2, 0) is 14.3 Å². The quantitative estimate of drug-likeness (QED) is 0.679. The summed E-state index contributed by atoms with van der Waals surface area (Å²) >= 11 is 0. The van der Waals surface area contributed by atoms with Crippen LogP contribution < -0.4 is 4.74 Å². The van der Waals surface area contributed by atoms with Crippen molar-refractivity contribution in [1.29, 1.82) is 0 Å². The molecule has 2 N–H and O–H groups in total. The van der Waals surface area contributed by atoms with Crippen LogP contribution in [0.4, 0.5) is 0 Å². The van der Waals surface area contributed by atoms with Crippen molar-refractivity contribution in [2.75, 3.05) is 13.7 Å². The summed E-state index contributed by atoms with van der Waals surface area (Å²) in [5.74, 6) is -0.157. The number of hydrogen-bond acceptors (Lipinski definition) is 9. The first kappa shape index (κ1) is 17.5. The second-order valence-corrected chi connectivity index (χ2v) is 5.65. The van der Waals surface area contributed by atoms with Crippen molar-refractivity contribution in [3.8, 4) is 5.88 Å². The fourth-order valence-corrected chi connectivity index (χ4v) is 2.80. The molecule has 0 saturated carbocycles. The maximum atomic E-state index is 11.9. The number of carbonyl (C=O) groups is 1. The Kier molecular flexibility index (Phi) is 5.11.